The molecule has 0 fully saturated rings. The molecule has 96 valence electrons. The van der Waals surface area contributed by atoms with E-state index in [-0.39, 0.29) is 6.04 Å². The Labute approximate surface area is 120 Å². The quantitative estimate of drug-likeness (QED) is 0.919. The lowest BCUT2D eigenvalue weighted by Gasteiger charge is -2.15. The van der Waals surface area contributed by atoms with E-state index in [1.807, 2.05) is 13.0 Å². The average Bonchev–Trinajstić information content (AvgIpc) is 2.74. The van der Waals surface area contributed by atoms with Crippen LogP contribution in [0.1, 0.15) is 22.0 Å². The van der Waals surface area contributed by atoms with Gasteiger partial charge in [-0.2, -0.15) is 0 Å². The number of hydrogen-bond donors (Lipinski definition) is 1. The van der Waals surface area contributed by atoms with Crippen LogP contribution in [0.3, 0.4) is 0 Å². The first kappa shape index (κ1) is 13.6. The summed E-state index contributed by atoms with van der Waals surface area (Å²) >= 11 is 5.18. The Morgan fingerprint density at radius 1 is 1.39 bits per heavy atom. The number of halogens is 1. The molecule has 2 nitrogen and oxygen atoms in total. The van der Waals surface area contributed by atoms with Crippen LogP contribution < -0.4 is 10.5 Å². The molecular weight excluding hydrogens is 310 g/mol. The predicted octanol–water partition coefficient (Wildman–Crippen LogP) is 4.07. The van der Waals surface area contributed by atoms with Crippen molar-refractivity contribution in [3.8, 4) is 5.75 Å². The van der Waals surface area contributed by atoms with Crippen LogP contribution in [0.15, 0.2) is 34.1 Å². The normalized spacial score (nSPS) is 12.4. The number of benzene rings is 1. The number of hydrogen-bond acceptors (Lipinski definition) is 3. The van der Waals surface area contributed by atoms with Crippen molar-refractivity contribution in [2.75, 3.05) is 7.11 Å². The summed E-state index contributed by atoms with van der Waals surface area (Å²) in [6.07, 6.45) is 0.829. The van der Waals surface area contributed by atoms with E-state index in [0.29, 0.717) is 0 Å². The lowest BCUT2D eigenvalue weighted by molar-refractivity contribution is 0.405. The molecule has 18 heavy (non-hydrogen) atoms. The molecule has 4 heteroatoms. The number of aryl methyl sites for hydroxylation is 1. The number of nitrogens with two attached hydrogens (primary N) is 1. The topological polar surface area (TPSA) is 35.2 Å². The first-order valence-electron chi connectivity index (χ1n) is 5.73. The van der Waals surface area contributed by atoms with Gasteiger partial charge in [0.1, 0.15) is 5.75 Å². The Hall–Kier alpha value is -0.840. The average molecular weight is 326 g/mol. The van der Waals surface area contributed by atoms with Gasteiger partial charge in [-0.1, -0.05) is 12.1 Å². The van der Waals surface area contributed by atoms with Gasteiger partial charge in [-0.15, -0.1) is 11.3 Å². The highest BCUT2D eigenvalue weighted by Gasteiger charge is 2.13. The maximum Gasteiger partial charge on any atom is 0.123 e. The third-order valence-corrected chi connectivity index (χ3v) is 4.55. The molecule has 1 aromatic carbocycles. The van der Waals surface area contributed by atoms with Gasteiger partial charge in [0.25, 0.3) is 0 Å². The van der Waals surface area contributed by atoms with Gasteiger partial charge in [0.15, 0.2) is 0 Å². The Balaban J connectivity index is 2.20. The molecule has 0 radical (unpaired) electrons. The van der Waals surface area contributed by atoms with Crippen LogP contribution in [0.2, 0.25) is 0 Å². The van der Waals surface area contributed by atoms with Gasteiger partial charge in [-0.05, 0) is 40.5 Å². The third kappa shape index (κ3) is 3.13. The molecule has 2 aromatic rings. The molecule has 0 bridgehead atoms. The first-order valence-corrected chi connectivity index (χ1v) is 7.40. The molecule has 2 rings (SSSR count). The van der Waals surface area contributed by atoms with Crippen molar-refractivity contribution in [2.24, 2.45) is 5.73 Å². The van der Waals surface area contributed by atoms with Crippen LogP contribution in [-0.2, 0) is 6.42 Å². The summed E-state index contributed by atoms with van der Waals surface area (Å²) in [5, 5.41) is 2.08. The fraction of sp³-hybridized carbons (Fsp3) is 0.286. The molecule has 0 saturated carbocycles. The van der Waals surface area contributed by atoms with Gasteiger partial charge in [-0.25, -0.2) is 0 Å². The van der Waals surface area contributed by atoms with Gasteiger partial charge in [-0.3, -0.25) is 0 Å². The molecule has 0 aliphatic rings. The third-order valence-electron chi connectivity index (χ3n) is 2.83. The predicted molar refractivity (Wildman–Crippen MR) is 80.4 cm³/mol. The van der Waals surface area contributed by atoms with Crippen molar-refractivity contribution in [1.29, 1.82) is 0 Å². The van der Waals surface area contributed by atoms with E-state index in [9.17, 15) is 0 Å². The minimum Gasteiger partial charge on any atom is -0.496 e. The maximum atomic E-state index is 6.27. The molecule has 1 heterocycles. The Morgan fingerprint density at radius 2 is 2.17 bits per heavy atom. The summed E-state index contributed by atoms with van der Waals surface area (Å²) in [6.45, 7) is 2.05. The second-order valence-electron chi connectivity index (χ2n) is 4.29. The molecule has 0 aliphatic heterocycles. The van der Waals surface area contributed by atoms with Gasteiger partial charge in [0.2, 0.25) is 0 Å². The largest absolute Gasteiger partial charge is 0.496 e. The summed E-state index contributed by atoms with van der Waals surface area (Å²) in [7, 11) is 1.69. The molecule has 1 aromatic heterocycles. The lowest BCUT2D eigenvalue weighted by Crippen LogP contribution is -2.14. The molecule has 0 amide bonds. The second kappa shape index (κ2) is 5.87. The molecule has 1 atom stereocenters. The minimum atomic E-state index is -0.0360. The molecule has 0 aliphatic carbocycles. The van der Waals surface area contributed by atoms with Gasteiger partial charge in [0, 0.05) is 32.8 Å². The van der Waals surface area contributed by atoms with Crippen LogP contribution in [0.25, 0.3) is 0 Å². The smallest absolute Gasteiger partial charge is 0.123 e. The van der Waals surface area contributed by atoms with E-state index in [2.05, 4.69) is 39.5 Å². The highest BCUT2D eigenvalue weighted by Crippen LogP contribution is 2.29. The fourth-order valence-corrected chi connectivity index (χ4v) is 3.42. The van der Waals surface area contributed by atoms with Crippen molar-refractivity contribution in [3.63, 3.8) is 0 Å². The zero-order valence-electron chi connectivity index (χ0n) is 10.4. The Kier molecular flexibility index (Phi) is 4.43. The monoisotopic (exact) mass is 325 g/mol. The Bertz CT molecular complexity index is 538. The molecule has 0 saturated heterocycles. The summed E-state index contributed by atoms with van der Waals surface area (Å²) in [5.41, 5.74) is 8.52. The fourth-order valence-electron chi connectivity index (χ4n) is 1.91. The lowest BCUT2D eigenvalue weighted by atomic mass is 10.0. The zero-order chi connectivity index (χ0) is 13.1. The van der Waals surface area contributed by atoms with Gasteiger partial charge >= 0.3 is 0 Å². The van der Waals surface area contributed by atoms with Crippen molar-refractivity contribution < 1.29 is 4.74 Å². The minimum absolute atomic E-state index is 0.0360. The van der Waals surface area contributed by atoms with Crippen molar-refractivity contribution in [2.45, 2.75) is 19.4 Å². The second-order valence-corrected chi connectivity index (χ2v) is 6.20. The van der Waals surface area contributed by atoms with Crippen molar-refractivity contribution >= 4 is 27.3 Å². The van der Waals surface area contributed by atoms with E-state index in [0.717, 1.165) is 22.2 Å². The first-order chi connectivity index (χ1) is 8.60. The van der Waals surface area contributed by atoms with E-state index in [4.69, 9.17) is 10.5 Å². The van der Waals surface area contributed by atoms with Crippen LogP contribution in [0.5, 0.6) is 5.75 Å². The van der Waals surface area contributed by atoms with E-state index in [1.54, 1.807) is 18.4 Å². The SMILES string of the molecule is COc1cc(C)ccc1C(N)Cc1cc(Br)cs1. The van der Waals surface area contributed by atoms with Gasteiger partial charge < -0.3 is 10.5 Å². The summed E-state index contributed by atoms with van der Waals surface area (Å²) in [5.74, 6) is 0.873. The highest BCUT2D eigenvalue weighted by molar-refractivity contribution is 9.10. The van der Waals surface area contributed by atoms with Crippen LogP contribution in [0.4, 0.5) is 0 Å². The number of rotatable bonds is 4. The molecule has 0 spiro atoms. The summed E-state index contributed by atoms with van der Waals surface area (Å²) < 4.78 is 6.52. The van der Waals surface area contributed by atoms with Gasteiger partial charge in [0.05, 0.1) is 7.11 Å². The molecular formula is C14H16BrNOS. The standard InChI is InChI=1S/C14H16BrNOS/c1-9-3-4-12(14(5-9)17-2)13(16)7-11-6-10(15)8-18-11/h3-6,8,13H,7,16H2,1-2H3. The van der Waals surface area contributed by atoms with Crippen LogP contribution in [0, 0.1) is 6.92 Å². The van der Waals surface area contributed by atoms with E-state index >= 15 is 0 Å². The van der Waals surface area contributed by atoms with Crippen molar-refractivity contribution in [1.82, 2.24) is 0 Å². The van der Waals surface area contributed by atoms with E-state index < -0.39 is 0 Å². The number of thiophene rings is 1. The zero-order valence-corrected chi connectivity index (χ0v) is 12.8. The number of ether oxygens (including phenoxy) is 1. The van der Waals surface area contributed by atoms with E-state index in [1.165, 1.54) is 10.4 Å². The van der Waals surface area contributed by atoms with Crippen molar-refractivity contribution in [3.05, 3.63) is 50.1 Å². The highest BCUT2D eigenvalue weighted by atomic mass is 79.9. The van der Waals surface area contributed by atoms with Crippen LogP contribution >= 0.6 is 27.3 Å². The summed E-state index contributed by atoms with van der Waals surface area (Å²) in [6, 6.07) is 8.24. The maximum absolute atomic E-state index is 6.27. The van der Waals surface area contributed by atoms with Crippen LogP contribution in [-0.4, -0.2) is 7.11 Å². The molecule has 2 N–H and O–H groups in total. The number of methoxy groups -OCH3 is 1. The Morgan fingerprint density at radius 3 is 2.78 bits per heavy atom. The summed E-state index contributed by atoms with van der Waals surface area (Å²) in [4.78, 5) is 1.28. The molecule has 1 unspecified atom stereocenters.